The van der Waals surface area contributed by atoms with Crippen molar-refractivity contribution in [2.75, 3.05) is 33.4 Å². The molecule has 1 aromatic heterocycles. The Hall–Kier alpha value is -2.47. The molecule has 0 saturated carbocycles. The van der Waals surface area contributed by atoms with Crippen LogP contribution in [0.2, 0.25) is 0 Å². The van der Waals surface area contributed by atoms with Crippen LogP contribution in [0.4, 0.5) is 0 Å². The molecule has 2 amide bonds. The second kappa shape index (κ2) is 7.27. The third-order valence-corrected chi connectivity index (χ3v) is 5.82. The van der Waals surface area contributed by atoms with Gasteiger partial charge in [-0.05, 0) is 37.8 Å². The zero-order valence-electron chi connectivity index (χ0n) is 15.7. The minimum Gasteiger partial charge on any atom is -0.383 e. The maximum atomic E-state index is 13.3. The number of likely N-dealkylation sites (tertiary alicyclic amines) is 2. The Morgan fingerprint density at radius 3 is 2.74 bits per heavy atom. The summed E-state index contributed by atoms with van der Waals surface area (Å²) in [6.07, 6.45) is 3.22. The number of carbonyl (C=O) groups is 2. The fourth-order valence-electron chi connectivity index (χ4n) is 4.46. The van der Waals surface area contributed by atoms with E-state index in [1.54, 1.807) is 18.1 Å². The van der Waals surface area contributed by atoms with Crippen molar-refractivity contribution in [1.29, 1.82) is 0 Å². The Labute approximate surface area is 159 Å². The zero-order valence-corrected chi connectivity index (χ0v) is 15.7. The summed E-state index contributed by atoms with van der Waals surface area (Å²) >= 11 is 0. The van der Waals surface area contributed by atoms with Gasteiger partial charge in [-0.15, -0.1) is 0 Å². The lowest BCUT2D eigenvalue weighted by atomic mass is 9.85. The molecule has 27 heavy (non-hydrogen) atoms. The van der Waals surface area contributed by atoms with Gasteiger partial charge in [0.1, 0.15) is 11.2 Å². The number of piperidine rings is 1. The van der Waals surface area contributed by atoms with E-state index in [0.29, 0.717) is 25.4 Å². The molecule has 6 heteroatoms. The van der Waals surface area contributed by atoms with Crippen LogP contribution in [-0.2, 0) is 9.53 Å². The SMILES string of the molecule is COCCN1CCCC2(CCCN2C(=O)c2ccc3ccccc3n2)C1=O. The zero-order chi connectivity index (χ0) is 18.9. The van der Waals surface area contributed by atoms with Crippen LogP contribution in [0.3, 0.4) is 0 Å². The summed E-state index contributed by atoms with van der Waals surface area (Å²) in [5.74, 6) is -0.0716. The standard InChI is InChI=1S/C21H25N3O3/c1-27-15-14-23-12-4-10-21(20(23)26)11-5-13-24(21)19(25)18-9-8-16-6-2-3-7-17(16)22-18/h2-3,6-9H,4-5,10-15H2,1H3. The number of benzene rings is 1. The van der Waals surface area contributed by atoms with E-state index in [1.807, 2.05) is 35.2 Å². The molecule has 142 valence electrons. The number of aromatic nitrogens is 1. The van der Waals surface area contributed by atoms with Gasteiger partial charge in [0.15, 0.2) is 0 Å². The second-order valence-electron chi connectivity index (χ2n) is 7.37. The minimum atomic E-state index is -0.712. The molecule has 1 unspecified atom stereocenters. The molecular weight excluding hydrogens is 342 g/mol. The molecule has 0 N–H and O–H groups in total. The first-order valence-electron chi connectivity index (χ1n) is 9.62. The van der Waals surface area contributed by atoms with E-state index < -0.39 is 5.54 Å². The van der Waals surface area contributed by atoms with Crippen molar-refractivity contribution in [2.24, 2.45) is 0 Å². The van der Waals surface area contributed by atoms with Crippen molar-refractivity contribution in [3.8, 4) is 0 Å². The molecule has 2 fully saturated rings. The van der Waals surface area contributed by atoms with E-state index in [4.69, 9.17) is 4.74 Å². The highest BCUT2D eigenvalue weighted by atomic mass is 16.5. The summed E-state index contributed by atoms with van der Waals surface area (Å²) in [7, 11) is 1.64. The quantitative estimate of drug-likeness (QED) is 0.833. The first-order chi connectivity index (χ1) is 13.2. The van der Waals surface area contributed by atoms with Crippen molar-refractivity contribution < 1.29 is 14.3 Å². The Bertz CT molecular complexity index is 869. The van der Waals surface area contributed by atoms with E-state index in [0.717, 1.165) is 43.1 Å². The van der Waals surface area contributed by atoms with Gasteiger partial charge in [0.25, 0.3) is 5.91 Å². The summed E-state index contributed by atoms with van der Waals surface area (Å²) < 4.78 is 5.14. The predicted octanol–water partition coefficient (Wildman–Crippen LogP) is 2.48. The van der Waals surface area contributed by atoms with Crippen molar-refractivity contribution >= 4 is 22.7 Å². The van der Waals surface area contributed by atoms with Gasteiger partial charge in [0.2, 0.25) is 5.91 Å². The van der Waals surface area contributed by atoms with Crippen molar-refractivity contribution in [1.82, 2.24) is 14.8 Å². The number of hydrogen-bond acceptors (Lipinski definition) is 4. The predicted molar refractivity (Wildman–Crippen MR) is 102 cm³/mol. The molecule has 0 bridgehead atoms. The summed E-state index contributed by atoms with van der Waals surface area (Å²) in [4.78, 5) is 34.8. The topological polar surface area (TPSA) is 62.7 Å². The molecule has 0 aliphatic carbocycles. The molecule has 2 aliphatic heterocycles. The molecule has 2 aromatic rings. The van der Waals surface area contributed by atoms with Crippen molar-refractivity contribution in [3.63, 3.8) is 0 Å². The normalized spacial score (nSPS) is 22.8. The maximum absolute atomic E-state index is 13.3. The molecule has 1 aromatic carbocycles. The van der Waals surface area contributed by atoms with Crippen LogP contribution >= 0.6 is 0 Å². The largest absolute Gasteiger partial charge is 0.383 e. The molecule has 6 nitrogen and oxygen atoms in total. The summed E-state index contributed by atoms with van der Waals surface area (Å²) in [5.41, 5.74) is 0.501. The first-order valence-corrected chi connectivity index (χ1v) is 9.62. The van der Waals surface area contributed by atoms with Crippen LogP contribution in [0.25, 0.3) is 10.9 Å². The summed E-state index contributed by atoms with van der Waals surface area (Å²) in [6.45, 7) is 2.44. The molecule has 2 aliphatic rings. The smallest absolute Gasteiger partial charge is 0.273 e. The molecular formula is C21H25N3O3. The number of nitrogens with zero attached hydrogens (tertiary/aromatic N) is 3. The molecule has 2 saturated heterocycles. The first kappa shape index (κ1) is 17.9. The third kappa shape index (κ3) is 3.08. The van der Waals surface area contributed by atoms with Gasteiger partial charge in [-0.3, -0.25) is 9.59 Å². The Kier molecular flexibility index (Phi) is 4.83. The number of fused-ring (bicyclic) bond motifs is 1. The van der Waals surface area contributed by atoms with Crippen molar-refractivity contribution in [2.45, 2.75) is 31.2 Å². The van der Waals surface area contributed by atoms with E-state index in [-0.39, 0.29) is 11.8 Å². The molecule has 3 heterocycles. The van der Waals surface area contributed by atoms with Gasteiger partial charge in [0.05, 0.1) is 12.1 Å². The van der Waals surface area contributed by atoms with Crippen LogP contribution < -0.4 is 0 Å². The summed E-state index contributed by atoms with van der Waals surface area (Å²) in [5, 5.41) is 1.00. The molecule has 1 spiro atoms. The molecule has 0 radical (unpaired) electrons. The fraction of sp³-hybridized carbons (Fsp3) is 0.476. The van der Waals surface area contributed by atoms with Crippen LogP contribution in [0.5, 0.6) is 0 Å². The third-order valence-electron chi connectivity index (χ3n) is 5.82. The van der Waals surface area contributed by atoms with Crippen molar-refractivity contribution in [3.05, 3.63) is 42.1 Å². The van der Waals surface area contributed by atoms with E-state index in [2.05, 4.69) is 4.98 Å². The second-order valence-corrected chi connectivity index (χ2v) is 7.37. The highest BCUT2D eigenvalue weighted by molar-refractivity contribution is 6.00. The number of rotatable bonds is 4. The molecule has 1 atom stereocenters. The number of ether oxygens (including phenoxy) is 1. The fourth-order valence-corrected chi connectivity index (χ4v) is 4.46. The lowest BCUT2D eigenvalue weighted by Gasteiger charge is -2.44. The average Bonchev–Trinajstić information content (AvgIpc) is 3.12. The highest BCUT2D eigenvalue weighted by Gasteiger charge is 2.52. The van der Waals surface area contributed by atoms with E-state index in [9.17, 15) is 9.59 Å². The average molecular weight is 367 g/mol. The van der Waals surface area contributed by atoms with Gasteiger partial charge in [-0.1, -0.05) is 24.3 Å². The van der Waals surface area contributed by atoms with Crippen LogP contribution in [0.1, 0.15) is 36.2 Å². The Balaban J connectivity index is 1.63. The van der Waals surface area contributed by atoms with E-state index in [1.165, 1.54) is 0 Å². The minimum absolute atomic E-state index is 0.0671. The van der Waals surface area contributed by atoms with Crippen LogP contribution in [0.15, 0.2) is 36.4 Å². The number of methoxy groups -OCH3 is 1. The number of pyridine rings is 1. The van der Waals surface area contributed by atoms with Gasteiger partial charge in [-0.2, -0.15) is 0 Å². The number of para-hydroxylation sites is 1. The lowest BCUT2D eigenvalue weighted by molar-refractivity contribution is -0.146. The van der Waals surface area contributed by atoms with Crippen LogP contribution in [-0.4, -0.2) is 65.5 Å². The molecule has 4 rings (SSSR count). The number of amides is 2. The van der Waals surface area contributed by atoms with Crippen LogP contribution in [0, 0.1) is 0 Å². The van der Waals surface area contributed by atoms with Gasteiger partial charge in [0, 0.05) is 32.1 Å². The van der Waals surface area contributed by atoms with E-state index >= 15 is 0 Å². The highest BCUT2D eigenvalue weighted by Crippen LogP contribution is 2.39. The Morgan fingerprint density at radius 1 is 1.15 bits per heavy atom. The maximum Gasteiger partial charge on any atom is 0.273 e. The van der Waals surface area contributed by atoms with Gasteiger partial charge in [-0.25, -0.2) is 4.98 Å². The number of hydrogen-bond donors (Lipinski definition) is 0. The lowest BCUT2D eigenvalue weighted by Crippen LogP contribution is -2.61. The number of carbonyl (C=O) groups excluding carboxylic acids is 2. The van der Waals surface area contributed by atoms with Gasteiger partial charge < -0.3 is 14.5 Å². The Morgan fingerprint density at radius 2 is 1.93 bits per heavy atom. The summed E-state index contributed by atoms with van der Waals surface area (Å²) in [6, 6.07) is 11.4. The monoisotopic (exact) mass is 367 g/mol. The van der Waals surface area contributed by atoms with Gasteiger partial charge >= 0.3 is 0 Å².